The van der Waals surface area contributed by atoms with Crippen LogP contribution in [0.5, 0.6) is 0 Å². The molecule has 1 saturated carbocycles. The molecule has 5 rings (SSSR count). The Labute approximate surface area is 208 Å². The number of benzene rings is 2. The number of carbonyl (C=O) groups excluding carboxylic acids is 2. The molecular formula is C26H26Cl2N4O2. The molecule has 2 aromatic carbocycles. The van der Waals surface area contributed by atoms with Gasteiger partial charge < -0.3 is 10.2 Å². The number of nitrogens with zero attached hydrogens (tertiary/aromatic N) is 3. The van der Waals surface area contributed by atoms with Crippen molar-refractivity contribution in [3.05, 3.63) is 81.1 Å². The van der Waals surface area contributed by atoms with Crippen molar-refractivity contribution in [1.82, 2.24) is 20.0 Å². The van der Waals surface area contributed by atoms with Gasteiger partial charge in [-0.1, -0.05) is 41.4 Å². The number of piperidine rings is 1. The van der Waals surface area contributed by atoms with Gasteiger partial charge in [-0.2, -0.15) is 5.10 Å². The van der Waals surface area contributed by atoms with E-state index in [0.29, 0.717) is 40.2 Å². The van der Waals surface area contributed by atoms with Crippen LogP contribution >= 0.6 is 23.2 Å². The molecule has 0 unspecified atom stereocenters. The Morgan fingerprint density at radius 3 is 2.41 bits per heavy atom. The number of hydrogen-bond donors (Lipinski definition) is 1. The van der Waals surface area contributed by atoms with Gasteiger partial charge in [0.1, 0.15) is 0 Å². The van der Waals surface area contributed by atoms with Gasteiger partial charge in [-0.25, -0.2) is 4.68 Å². The molecule has 3 aromatic rings. The fraction of sp³-hybridized carbons (Fsp3) is 0.346. The van der Waals surface area contributed by atoms with Crippen molar-refractivity contribution in [1.29, 1.82) is 0 Å². The Morgan fingerprint density at radius 2 is 1.74 bits per heavy atom. The predicted octanol–water partition coefficient (Wildman–Crippen LogP) is 5.40. The Morgan fingerprint density at radius 1 is 1.00 bits per heavy atom. The molecule has 0 bridgehead atoms. The first-order chi connectivity index (χ1) is 16.4. The summed E-state index contributed by atoms with van der Waals surface area (Å²) in [4.78, 5) is 28.0. The van der Waals surface area contributed by atoms with Crippen LogP contribution in [0.3, 0.4) is 0 Å². The number of nitrogens with one attached hydrogen (secondary N) is 1. The SMILES string of the molecule is Cc1ccccc1C(=O)NC1CCN(C(=O)c2cnn(-c3ccc(Cl)cc3Cl)c2C2CC2)CC1. The Bertz CT molecular complexity index is 1240. The second kappa shape index (κ2) is 9.43. The van der Waals surface area contributed by atoms with E-state index in [1.807, 2.05) is 42.2 Å². The van der Waals surface area contributed by atoms with Gasteiger partial charge in [0.2, 0.25) is 0 Å². The third-order valence-electron chi connectivity index (χ3n) is 6.65. The predicted molar refractivity (Wildman–Crippen MR) is 133 cm³/mol. The van der Waals surface area contributed by atoms with Crippen molar-refractivity contribution in [3.8, 4) is 5.69 Å². The number of aromatic nitrogens is 2. The molecular weight excluding hydrogens is 471 g/mol. The molecule has 1 N–H and O–H groups in total. The number of rotatable bonds is 5. The zero-order chi connectivity index (χ0) is 23.8. The number of halogens is 2. The van der Waals surface area contributed by atoms with Crippen LogP contribution in [0.1, 0.15) is 63.6 Å². The maximum Gasteiger partial charge on any atom is 0.257 e. The maximum atomic E-state index is 13.5. The summed E-state index contributed by atoms with van der Waals surface area (Å²) in [5, 5.41) is 8.73. The molecule has 8 heteroatoms. The highest BCUT2D eigenvalue weighted by Gasteiger charge is 2.35. The van der Waals surface area contributed by atoms with Gasteiger partial charge >= 0.3 is 0 Å². The van der Waals surface area contributed by atoms with Crippen LogP contribution < -0.4 is 5.32 Å². The molecule has 176 valence electrons. The molecule has 2 heterocycles. The summed E-state index contributed by atoms with van der Waals surface area (Å²) in [7, 11) is 0. The van der Waals surface area contributed by atoms with Gasteiger partial charge in [-0.3, -0.25) is 9.59 Å². The largest absolute Gasteiger partial charge is 0.349 e. The topological polar surface area (TPSA) is 67.2 Å². The molecule has 34 heavy (non-hydrogen) atoms. The van der Waals surface area contributed by atoms with E-state index < -0.39 is 0 Å². The van der Waals surface area contributed by atoms with Crippen LogP contribution in [-0.2, 0) is 0 Å². The standard InChI is InChI=1S/C26H26Cl2N4O2/c1-16-4-2-3-5-20(16)25(33)30-19-10-12-31(13-11-19)26(34)21-15-29-32(24(21)17-6-7-17)23-9-8-18(27)14-22(23)28/h2-5,8-9,14-15,17,19H,6-7,10-13H2,1H3,(H,30,33). The summed E-state index contributed by atoms with van der Waals surface area (Å²) in [6, 6.07) is 12.9. The zero-order valence-electron chi connectivity index (χ0n) is 18.9. The Hall–Kier alpha value is -2.83. The van der Waals surface area contributed by atoms with Crippen molar-refractivity contribution in [2.45, 2.75) is 44.6 Å². The van der Waals surface area contributed by atoms with Crippen LogP contribution in [0.4, 0.5) is 0 Å². The van der Waals surface area contributed by atoms with Crippen molar-refractivity contribution in [3.63, 3.8) is 0 Å². The fourth-order valence-electron chi connectivity index (χ4n) is 4.61. The molecule has 1 aromatic heterocycles. The summed E-state index contributed by atoms with van der Waals surface area (Å²) in [5.74, 6) is 0.237. The average molecular weight is 497 g/mol. The number of likely N-dealkylation sites (tertiary alicyclic amines) is 1. The highest BCUT2D eigenvalue weighted by Crippen LogP contribution is 2.43. The maximum absolute atomic E-state index is 13.5. The molecule has 1 aliphatic carbocycles. The van der Waals surface area contributed by atoms with Crippen LogP contribution in [-0.4, -0.2) is 45.6 Å². The second-order valence-electron chi connectivity index (χ2n) is 9.08. The fourth-order valence-corrected chi connectivity index (χ4v) is 5.09. The zero-order valence-corrected chi connectivity index (χ0v) is 20.4. The second-order valence-corrected chi connectivity index (χ2v) is 9.92. The first-order valence-electron chi connectivity index (χ1n) is 11.6. The lowest BCUT2D eigenvalue weighted by Gasteiger charge is -2.32. The van der Waals surface area contributed by atoms with Crippen LogP contribution in [0, 0.1) is 6.92 Å². The van der Waals surface area contributed by atoms with Crippen LogP contribution in [0.2, 0.25) is 10.0 Å². The number of carbonyl (C=O) groups is 2. The van der Waals surface area contributed by atoms with Crippen LogP contribution in [0.25, 0.3) is 5.69 Å². The van der Waals surface area contributed by atoms with Gasteiger partial charge in [0.15, 0.2) is 0 Å². The minimum atomic E-state index is -0.0555. The van der Waals surface area contributed by atoms with Crippen molar-refractivity contribution in [2.24, 2.45) is 0 Å². The lowest BCUT2D eigenvalue weighted by Crippen LogP contribution is -2.46. The summed E-state index contributed by atoms with van der Waals surface area (Å²) < 4.78 is 1.79. The van der Waals surface area contributed by atoms with Gasteiger partial charge in [0.05, 0.1) is 28.2 Å². The first kappa shape index (κ1) is 22.9. The van der Waals surface area contributed by atoms with E-state index >= 15 is 0 Å². The Balaban J connectivity index is 1.28. The number of amides is 2. The lowest BCUT2D eigenvalue weighted by atomic mass is 10.0. The first-order valence-corrected chi connectivity index (χ1v) is 12.4. The lowest BCUT2D eigenvalue weighted by molar-refractivity contribution is 0.0697. The molecule has 0 atom stereocenters. The van der Waals surface area contributed by atoms with Crippen molar-refractivity contribution >= 4 is 35.0 Å². The van der Waals surface area contributed by atoms with E-state index in [0.717, 1.165) is 42.6 Å². The monoisotopic (exact) mass is 496 g/mol. The molecule has 2 amide bonds. The summed E-state index contributed by atoms with van der Waals surface area (Å²) in [6.45, 7) is 3.12. The third kappa shape index (κ3) is 4.57. The van der Waals surface area contributed by atoms with E-state index in [1.54, 1.807) is 23.0 Å². The molecule has 2 fully saturated rings. The van der Waals surface area contributed by atoms with E-state index in [1.165, 1.54) is 0 Å². The van der Waals surface area contributed by atoms with Crippen molar-refractivity contribution < 1.29 is 9.59 Å². The highest BCUT2D eigenvalue weighted by molar-refractivity contribution is 6.35. The third-order valence-corrected chi connectivity index (χ3v) is 7.18. The summed E-state index contributed by atoms with van der Waals surface area (Å²) >= 11 is 12.5. The number of hydrogen-bond acceptors (Lipinski definition) is 3. The summed E-state index contributed by atoms with van der Waals surface area (Å²) in [6.07, 6.45) is 5.17. The Kier molecular flexibility index (Phi) is 6.36. The van der Waals surface area contributed by atoms with E-state index in [4.69, 9.17) is 23.2 Å². The smallest absolute Gasteiger partial charge is 0.257 e. The molecule has 2 aliphatic rings. The van der Waals surface area contributed by atoms with Crippen molar-refractivity contribution in [2.75, 3.05) is 13.1 Å². The quantitative estimate of drug-likeness (QED) is 0.514. The average Bonchev–Trinajstić information content (AvgIpc) is 3.57. The van der Waals surface area contributed by atoms with Gasteiger partial charge in [-0.05, 0) is 62.4 Å². The van der Waals surface area contributed by atoms with E-state index in [2.05, 4.69) is 10.4 Å². The van der Waals surface area contributed by atoms with E-state index in [-0.39, 0.29) is 17.9 Å². The van der Waals surface area contributed by atoms with Gasteiger partial charge in [-0.15, -0.1) is 0 Å². The minimum absolute atomic E-state index is 0.0121. The summed E-state index contributed by atoms with van der Waals surface area (Å²) in [5.41, 5.74) is 3.94. The minimum Gasteiger partial charge on any atom is -0.349 e. The molecule has 0 radical (unpaired) electrons. The number of aryl methyl sites for hydroxylation is 1. The highest BCUT2D eigenvalue weighted by atomic mass is 35.5. The van der Waals surface area contributed by atoms with Gasteiger partial charge in [0.25, 0.3) is 11.8 Å². The molecule has 6 nitrogen and oxygen atoms in total. The van der Waals surface area contributed by atoms with Gasteiger partial charge in [0, 0.05) is 35.6 Å². The molecule has 1 saturated heterocycles. The van der Waals surface area contributed by atoms with Crippen LogP contribution in [0.15, 0.2) is 48.7 Å². The normalized spacial score (nSPS) is 16.5. The van der Waals surface area contributed by atoms with E-state index in [9.17, 15) is 9.59 Å². The molecule has 0 spiro atoms. The molecule has 1 aliphatic heterocycles.